The van der Waals surface area contributed by atoms with Crippen LogP contribution in [0.4, 0.5) is 5.69 Å². The summed E-state index contributed by atoms with van der Waals surface area (Å²) in [5.41, 5.74) is 0.147. The fourth-order valence-electron chi connectivity index (χ4n) is 1.62. The van der Waals surface area contributed by atoms with E-state index < -0.39 is 5.41 Å². The average molecular weight is 300 g/mol. The number of methoxy groups -OCH3 is 1. The highest BCUT2D eigenvalue weighted by molar-refractivity contribution is 9.10. The lowest BCUT2D eigenvalue weighted by Crippen LogP contribution is -2.27. The Morgan fingerprint density at radius 1 is 1.59 bits per heavy atom. The Morgan fingerprint density at radius 2 is 2.29 bits per heavy atom. The van der Waals surface area contributed by atoms with Gasteiger partial charge in [-0.2, -0.15) is 0 Å². The number of halogens is 1. The average Bonchev–Trinajstić information content (AvgIpc) is 3.10. The van der Waals surface area contributed by atoms with Crippen LogP contribution >= 0.6 is 15.9 Å². The molecule has 0 spiro atoms. The normalized spacial score (nSPS) is 16.4. The van der Waals surface area contributed by atoms with Crippen molar-refractivity contribution in [3.05, 3.63) is 22.7 Å². The highest BCUT2D eigenvalue weighted by Gasteiger charge is 2.49. The minimum absolute atomic E-state index is 0.0871. The summed E-state index contributed by atoms with van der Waals surface area (Å²) >= 11 is 3.35. The van der Waals surface area contributed by atoms with Crippen LogP contribution in [0.25, 0.3) is 0 Å². The third kappa shape index (κ3) is 2.45. The molecule has 4 nitrogen and oxygen atoms in total. The van der Waals surface area contributed by atoms with E-state index in [0.717, 1.165) is 17.3 Å². The first kappa shape index (κ1) is 12.4. The number of hydrogen-bond acceptors (Lipinski definition) is 3. The quantitative estimate of drug-likeness (QED) is 0.896. The van der Waals surface area contributed by atoms with E-state index in [1.54, 1.807) is 25.3 Å². The first-order valence-electron chi connectivity index (χ1n) is 5.37. The van der Waals surface area contributed by atoms with Crippen LogP contribution in [-0.4, -0.2) is 24.7 Å². The van der Waals surface area contributed by atoms with Crippen LogP contribution in [0.1, 0.15) is 12.8 Å². The third-order valence-electron chi connectivity index (χ3n) is 3.05. The summed E-state index contributed by atoms with van der Waals surface area (Å²) in [7, 11) is 1.59. The summed E-state index contributed by atoms with van der Waals surface area (Å²) in [4.78, 5) is 11.9. The molecule has 1 amide bonds. The molecule has 0 unspecified atom stereocenters. The summed E-state index contributed by atoms with van der Waals surface area (Å²) in [5, 5.41) is 12.0. The van der Waals surface area contributed by atoms with Gasteiger partial charge in [0.1, 0.15) is 5.75 Å². The molecule has 1 aliphatic carbocycles. The molecule has 0 saturated heterocycles. The van der Waals surface area contributed by atoms with E-state index in [1.807, 2.05) is 0 Å². The lowest BCUT2D eigenvalue weighted by Gasteiger charge is -2.13. The van der Waals surface area contributed by atoms with Crippen molar-refractivity contribution in [3.8, 4) is 5.75 Å². The molecule has 2 rings (SSSR count). The Kier molecular flexibility index (Phi) is 3.40. The van der Waals surface area contributed by atoms with Crippen molar-refractivity contribution in [2.45, 2.75) is 12.8 Å². The van der Waals surface area contributed by atoms with Crippen LogP contribution in [0.3, 0.4) is 0 Å². The van der Waals surface area contributed by atoms with Gasteiger partial charge in [-0.3, -0.25) is 4.79 Å². The van der Waals surface area contributed by atoms with Gasteiger partial charge in [0.2, 0.25) is 5.91 Å². The number of anilines is 1. The predicted molar refractivity (Wildman–Crippen MR) is 68.1 cm³/mol. The van der Waals surface area contributed by atoms with Crippen molar-refractivity contribution in [3.63, 3.8) is 0 Å². The van der Waals surface area contributed by atoms with E-state index in [2.05, 4.69) is 21.2 Å². The lowest BCUT2D eigenvalue weighted by molar-refractivity contribution is -0.122. The van der Waals surface area contributed by atoms with E-state index in [9.17, 15) is 4.79 Å². The van der Waals surface area contributed by atoms with Crippen LogP contribution in [-0.2, 0) is 4.79 Å². The van der Waals surface area contributed by atoms with Gasteiger partial charge >= 0.3 is 0 Å². The molecule has 1 aliphatic rings. The number of carbonyl (C=O) groups is 1. The second-order valence-corrected chi connectivity index (χ2v) is 5.10. The van der Waals surface area contributed by atoms with Crippen LogP contribution in [0.15, 0.2) is 22.7 Å². The number of aliphatic hydroxyl groups excluding tert-OH is 1. The van der Waals surface area contributed by atoms with E-state index in [4.69, 9.17) is 9.84 Å². The summed E-state index contributed by atoms with van der Waals surface area (Å²) in [5.74, 6) is 0.600. The maximum absolute atomic E-state index is 11.9. The maximum atomic E-state index is 11.9. The summed E-state index contributed by atoms with van der Waals surface area (Å²) in [6, 6.07) is 5.33. The number of ether oxygens (including phenoxy) is 1. The summed E-state index contributed by atoms with van der Waals surface area (Å²) in [6.45, 7) is -0.0871. The third-order valence-corrected chi connectivity index (χ3v) is 3.67. The Balaban J connectivity index is 2.09. The fourth-order valence-corrected chi connectivity index (χ4v) is 2.16. The minimum Gasteiger partial charge on any atom is -0.496 e. The van der Waals surface area contributed by atoms with Crippen molar-refractivity contribution < 1.29 is 14.6 Å². The molecule has 1 aromatic rings. The fraction of sp³-hybridized carbons (Fsp3) is 0.417. The molecule has 2 N–H and O–H groups in total. The molecule has 92 valence electrons. The second kappa shape index (κ2) is 4.66. The molecule has 1 fully saturated rings. The van der Waals surface area contributed by atoms with E-state index >= 15 is 0 Å². The van der Waals surface area contributed by atoms with Crippen LogP contribution in [0.2, 0.25) is 0 Å². The monoisotopic (exact) mass is 299 g/mol. The van der Waals surface area contributed by atoms with Gasteiger partial charge in [-0.25, -0.2) is 0 Å². The largest absolute Gasteiger partial charge is 0.496 e. The molecular formula is C12H14BrNO3. The number of hydrogen-bond donors (Lipinski definition) is 2. The zero-order valence-corrected chi connectivity index (χ0v) is 11.1. The topological polar surface area (TPSA) is 58.6 Å². The first-order valence-corrected chi connectivity index (χ1v) is 6.16. The molecule has 0 heterocycles. The molecule has 0 radical (unpaired) electrons. The number of nitrogens with one attached hydrogen (secondary N) is 1. The predicted octanol–water partition coefficient (Wildman–Crippen LogP) is 2.17. The Bertz CT molecular complexity index is 443. The highest BCUT2D eigenvalue weighted by atomic mass is 79.9. The highest BCUT2D eigenvalue weighted by Crippen LogP contribution is 2.46. The molecule has 1 saturated carbocycles. The van der Waals surface area contributed by atoms with Gasteiger partial charge in [0.25, 0.3) is 0 Å². The molecule has 0 bridgehead atoms. The molecule has 5 heteroatoms. The van der Waals surface area contributed by atoms with Crippen molar-refractivity contribution in [2.75, 3.05) is 19.0 Å². The number of benzene rings is 1. The number of rotatable bonds is 4. The zero-order valence-electron chi connectivity index (χ0n) is 9.50. The minimum atomic E-state index is -0.549. The molecule has 0 aliphatic heterocycles. The lowest BCUT2D eigenvalue weighted by atomic mass is 10.1. The molecule has 1 aromatic carbocycles. The number of aliphatic hydroxyl groups is 1. The Morgan fingerprint density at radius 3 is 2.76 bits per heavy atom. The van der Waals surface area contributed by atoms with Gasteiger partial charge in [0.15, 0.2) is 0 Å². The van der Waals surface area contributed by atoms with Gasteiger partial charge in [0, 0.05) is 5.69 Å². The zero-order chi connectivity index (χ0) is 12.5. The van der Waals surface area contributed by atoms with Gasteiger partial charge < -0.3 is 15.2 Å². The van der Waals surface area contributed by atoms with E-state index in [0.29, 0.717) is 11.4 Å². The number of amides is 1. The summed E-state index contributed by atoms with van der Waals surface area (Å²) in [6.07, 6.45) is 1.51. The maximum Gasteiger partial charge on any atom is 0.232 e. The Labute approximate surface area is 108 Å². The van der Waals surface area contributed by atoms with Crippen molar-refractivity contribution in [1.82, 2.24) is 0 Å². The Hall–Kier alpha value is -1.07. The van der Waals surface area contributed by atoms with Crippen molar-refractivity contribution >= 4 is 27.5 Å². The van der Waals surface area contributed by atoms with Gasteiger partial charge in [-0.15, -0.1) is 0 Å². The second-order valence-electron chi connectivity index (χ2n) is 4.24. The summed E-state index contributed by atoms with van der Waals surface area (Å²) < 4.78 is 5.89. The number of carbonyl (C=O) groups excluding carboxylic acids is 1. The van der Waals surface area contributed by atoms with Crippen molar-refractivity contribution in [2.24, 2.45) is 5.41 Å². The molecular weight excluding hydrogens is 286 g/mol. The first-order chi connectivity index (χ1) is 8.11. The molecule has 0 atom stereocenters. The van der Waals surface area contributed by atoms with E-state index in [-0.39, 0.29) is 12.5 Å². The van der Waals surface area contributed by atoms with Crippen LogP contribution < -0.4 is 10.1 Å². The smallest absolute Gasteiger partial charge is 0.232 e. The van der Waals surface area contributed by atoms with Gasteiger partial charge in [-0.05, 0) is 47.0 Å². The van der Waals surface area contributed by atoms with E-state index in [1.165, 1.54) is 0 Å². The van der Waals surface area contributed by atoms with Crippen LogP contribution in [0, 0.1) is 5.41 Å². The van der Waals surface area contributed by atoms with Crippen molar-refractivity contribution in [1.29, 1.82) is 0 Å². The SMILES string of the molecule is COc1ccc(NC(=O)C2(CO)CC2)cc1Br. The molecule has 0 aromatic heterocycles. The standard InChI is InChI=1S/C12H14BrNO3/c1-17-10-3-2-8(6-9(10)13)14-11(16)12(7-15)4-5-12/h2-3,6,15H,4-5,7H2,1H3,(H,14,16). The van der Waals surface area contributed by atoms with Gasteiger partial charge in [0.05, 0.1) is 23.6 Å². The van der Waals surface area contributed by atoms with Gasteiger partial charge in [-0.1, -0.05) is 0 Å². The molecule has 17 heavy (non-hydrogen) atoms. The van der Waals surface area contributed by atoms with Crippen LogP contribution in [0.5, 0.6) is 5.75 Å².